The third-order valence-corrected chi connectivity index (χ3v) is 3.75. The second-order valence-electron chi connectivity index (χ2n) is 4.55. The minimum atomic E-state index is -0.464. The van der Waals surface area contributed by atoms with Gasteiger partial charge in [0.2, 0.25) is 0 Å². The normalized spacial score (nSPS) is 11.4. The molecule has 0 radical (unpaired) electrons. The van der Waals surface area contributed by atoms with E-state index >= 15 is 0 Å². The van der Waals surface area contributed by atoms with Crippen molar-refractivity contribution in [2.45, 2.75) is 0 Å². The van der Waals surface area contributed by atoms with E-state index in [1.807, 2.05) is 6.07 Å². The summed E-state index contributed by atoms with van der Waals surface area (Å²) in [6.45, 7) is 0. The minimum absolute atomic E-state index is 0.00754. The van der Waals surface area contributed by atoms with Crippen LogP contribution in [0.2, 0.25) is 0 Å². The van der Waals surface area contributed by atoms with E-state index in [1.54, 1.807) is 41.8 Å². The largest absolute Gasteiger partial charge is 0.429 e. The van der Waals surface area contributed by atoms with Crippen molar-refractivity contribution < 1.29 is 14.1 Å². The maximum Gasteiger partial charge on any atom is 0.282 e. The second-order valence-corrected chi connectivity index (χ2v) is 5.38. The summed E-state index contributed by atoms with van der Waals surface area (Å²) in [7, 11) is 0. The molecule has 0 unspecified atom stereocenters. The van der Waals surface area contributed by atoms with E-state index in [0.29, 0.717) is 16.9 Å². The molecule has 3 rings (SSSR count). The number of hydrogen-bond acceptors (Lipinski definition) is 5. The van der Waals surface area contributed by atoms with Crippen LogP contribution in [0.1, 0.15) is 10.4 Å². The Morgan fingerprint density at radius 3 is 2.43 bits per heavy atom. The van der Waals surface area contributed by atoms with Crippen molar-refractivity contribution >= 4 is 22.9 Å². The highest BCUT2D eigenvalue weighted by Gasteiger charge is 2.08. The van der Waals surface area contributed by atoms with Crippen molar-refractivity contribution in [3.05, 3.63) is 80.5 Å². The van der Waals surface area contributed by atoms with E-state index < -0.39 is 4.92 Å². The molecule has 114 valence electrons. The predicted octanol–water partition coefficient (Wildman–Crippen LogP) is 3.66. The van der Waals surface area contributed by atoms with Crippen LogP contribution in [0.4, 0.5) is 5.69 Å². The van der Waals surface area contributed by atoms with Crippen molar-refractivity contribution in [2.75, 3.05) is 0 Å². The van der Waals surface area contributed by atoms with Gasteiger partial charge in [0.25, 0.3) is 16.5 Å². The van der Waals surface area contributed by atoms with Crippen LogP contribution >= 0.6 is 11.3 Å². The van der Waals surface area contributed by atoms with Crippen LogP contribution in [0.15, 0.2) is 69.4 Å². The number of nitrogens with zero attached hydrogens (tertiary/aromatic N) is 2. The lowest BCUT2D eigenvalue weighted by atomic mass is 10.2. The van der Waals surface area contributed by atoms with Gasteiger partial charge in [-0.3, -0.25) is 14.9 Å². The first-order valence-corrected chi connectivity index (χ1v) is 7.49. The number of non-ortho nitro benzene ring substituents is 1. The molecule has 3 aromatic rings. The summed E-state index contributed by atoms with van der Waals surface area (Å²) >= 11 is 1.19. The zero-order valence-corrected chi connectivity index (χ0v) is 12.5. The average molecular weight is 326 g/mol. The van der Waals surface area contributed by atoms with Gasteiger partial charge >= 0.3 is 0 Å². The summed E-state index contributed by atoms with van der Waals surface area (Å²) in [6, 6.07) is 14.7. The van der Waals surface area contributed by atoms with E-state index in [2.05, 4.69) is 4.99 Å². The van der Waals surface area contributed by atoms with Crippen molar-refractivity contribution in [1.82, 2.24) is 0 Å². The number of benzene rings is 2. The highest BCUT2D eigenvalue weighted by molar-refractivity contribution is 7.07. The lowest BCUT2D eigenvalue weighted by Crippen LogP contribution is -2.01. The summed E-state index contributed by atoms with van der Waals surface area (Å²) in [5, 5.41) is 12.3. The Morgan fingerprint density at radius 1 is 1.09 bits per heavy atom. The summed E-state index contributed by atoms with van der Waals surface area (Å²) in [5.74, 6) is 0.121. The molecule has 0 aliphatic rings. The van der Waals surface area contributed by atoms with Gasteiger partial charge in [-0.05, 0) is 24.3 Å². The molecular formula is C16H10N2O4S. The molecule has 1 heterocycles. The number of nitro benzene ring substituents is 1. The molecule has 6 nitrogen and oxygen atoms in total. The lowest BCUT2D eigenvalue weighted by Gasteiger charge is -1.95. The molecule has 0 saturated heterocycles. The zero-order valence-electron chi connectivity index (χ0n) is 11.7. The number of carbonyl (C=O) groups is 1. The molecule has 0 spiro atoms. The van der Waals surface area contributed by atoms with Gasteiger partial charge in [-0.25, -0.2) is 0 Å². The molecule has 2 aromatic carbocycles. The number of carbonyl (C=O) groups excluding carboxylic acids is 1. The summed E-state index contributed by atoms with van der Waals surface area (Å²) in [5.41, 5.74) is 1.17. The van der Waals surface area contributed by atoms with E-state index in [-0.39, 0.29) is 16.5 Å². The number of nitro groups is 1. The molecule has 0 fully saturated rings. The van der Waals surface area contributed by atoms with Crippen LogP contribution < -0.4 is 4.87 Å². The highest BCUT2D eigenvalue weighted by atomic mass is 32.1. The van der Waals surface area contributed by atoms with Crippen LogP contribution in [0.5, 0.6) is 0 Å². The fourth-order valence-electron chi connectivity index (χ4n) is 1.90. The van der Waals surface area contributed by atoms with Crippen molar-refractivity contribution in [3.8, 4) is 11.3 Å². The third kappa shape index (κ3) is 3.41. The van der Waals surface area contributed by atoms with Gasteiger partial charge < -0.3 is 4.42 Å². The fraction of sp³-hybridized carbons (Fsp3) is 0. The lowest BCUT2D eigenvalue weighted by molar-refractivity contribution is -0.384. The molecule has 0 bridgehead atoms. The molecule has 7 heteroatoms. The van der Waals surface area contributed by atoms with Crippen molar-refractivity contribution in [3.63, 3.8) is 0 Å². The van der Waals surface area contributed by atoms with Crippen molar-refractivity contribution in [2.24, 2.45) is 4.99 Å². The predicted molar refractivity (Wildman–Crippen MR) is 85.0 cm³/mol. The smallest absolute Gasteiger partial charge is 0.282 e. The highest BCUT2D eigenvalue weighted by Crippen LogP contribution is 2.22. The molecular weight excluding hydrogens is 316 g/mol. The zero-order chi connectivity index (χ0) is 16.2. The first kappa shape index (κ1) is 14.9. The Kier molecular flexibility index (Phi) is 4.11. The van der Waals surface area contributed by atoms with E-state index in [1.165, 1.54) is 23.5 Å². The Labute approximate surface area is 134 Å². The minimum Gasteiger partial charge on any atom is -0.429 e. The maximum atomic E-state index is 12.0. The maximum absolute atomic E-state index is 12.0. The Hall–Kier alpha value is -3.06. The molecule has 0 aliphatic carbocycles. The van der Waals surface area contributed by atoms with E-state index in [0.717, 1.165) is 0 Å². The molecule has 1 amide bonds. The first-order valence-electron chi connectivity index (χ1n) is 6.61. The Bertz CT molecular complexity index is 911. The number of amides is 1. The van der Waals surface area contributed by atoms with Crippen LogP contribution in [0, 0.1) is 10.1 Å². The molecule has 0 atom stereocenters. The van der Waals surface area contributed by atoms with Crippen LogP contribution in [-0.4, -0.2) is 10.8 Å². The SMILES string of the molecule is O=C(N=c1oc(-c2ccc([N+](=O)[O-])cc2)cs1)c1ccccc1. The van der Waals surface area contributed by atoms with Gasteiger partial charge in [0.15, 0.2) is 0 Å². The summed E-state index contributed by atoms with van der Waals surface area (Å²) < 4.78 is 5.52. The summed E-state index contributed by atoms with van der Waals surface area (Å²) in [6.07, 6.45) is 0. The van der Waals surface area contributed by atoms with E-state index in [9.17, 15) is 14.9 Å². The molecule has 0 saturated carbocycles. The van der Waals surface area contributed by atoms with Gasteiger partial charge in [0.05, 0.1) is 4.92 Å². The van der Waals surface area contributed by atoms with Gasteiger partial charge in [0.1, 0.15) is 5.76 Å². The van der Waals surface area contributed by atoms with Gasteiger partial charge in [-0.1, -0.05) is 29.5 Å². The summed E-state index contributed by atoms with van der Waals surface area (Å²) in [4.78, 5) is 26.3. The standard InChI is InChI=1S/C16H10N2O4S/c19-15(12-4-2-1-3-5-12)17-16-22-14(10-23-16)11-6-8-13(9-7-11)18(20)21/h1-10H. The number of rotatable bonds is 3. The van der Waals surface area contributed by atoms with Crippen LogP contribution in [0.25, 0.3) is 11.3 Å². The Balaban J connectivity index is 1.87. The van der Waals surface area contributed by atoms with E-state index in [4.69, 9.17) is 4.42 Å². The van der Waals surface area contributed by atoms with Crippen LogP contribution in [-0.2, 0) is 0 Å². The molecule has 1 aromatic heterocycles. The molecule has 0 aliphatic heterocycles. The fourth-order valence-corrected chi connectivity index (χ4v) is 2.56. The monoisotopic (exact) mass is 326 g/mol. The van der Waals surface area contributed by atoms with Crippen LogP contribution in [0.3, 0.4) is 0 Å². The Morgan fingerprint density at radius 2 is 1.78 bits per heavy atom. The first-order chi connectivity index (χ1) is 11.1. The average Bonchev–Trinajstić information content (AvgIpc) is 3.04. The van der Waals surface area contributed by atoms with Gasteiger partial charge in [0, 0.05) is 28.6 Å². The molecule has 23 heavy (non-hydrogen) atoms. The van der Waals surface area contributed by atoms with Gasteiger partial charge in [-0.15, -0.1) is 0 Å². The van der Waals surface area contributed by atoms with Crippen molar-refractivity contribution in [1.29, 1.82) is 0 Å². The second kappa shape index (κ2) is 6.37. The number of hydrogen-bond donors (Lipinski definition) is 0. The third-order valence-electron chi connectivity index (χ3n) is 3.04. The quantitative estimate of drug-likeness (QED) is 0.543. The topological polar surface area (TPSA) is 85.7 Å². The van der Waals surface area contributed by atoms with Gasteiger partial charge in [-0.2, -0.15) is 4.99 Å². The molecule has 0 N–H and O–H groups in total.